The summed E-state index contributed by atoms with van der Waals surface area (Å²) in [7, 11) is -3.64. The minimum absolute atomic E-state index is 0.0441. The van der Waals surface area contributed by atoms with Crippen molar-refractivity contribution in [1.82, 2.24) is 29.0 Å². The van der Waals surface area contributed by atoms with Crippen molar-refractivity contribution >= 4 is 50.3 Å². The van der Waals surface area contributed by atoms with Crippen LogP contribution in [0.25, 0.3) is 0 Å². The highest BCUT2D eigenvalue weighted by Gasteiger charge is 2.54. The summed E-state index contributed by atoms with van der Waals surface area (Å²) in [6, 6.07) is -2.96. The highest BCUT2D eigenvalue weighted by molar-refractivity contribution is 7.84. The number of oxime groups is 1. The molecular formula is C16H20N8O9S2. The summed E-state index contributed by atoms with van der Waals surface area (Å²) in [5.41, 5.74) is 2.43. The van der Waals surface area contributed by atoms with Crippen molar-refractivity contribution in [3.63, 3.8) is 0 Å². The third kappa shape index (κ3) is 5.15. The van der Waals surface area contributed by atoms with Crippen molar-refractivity contribution in [2.45, 2.75) is 38.1 Å². The number of aryl methyl sites for hydroxylation is 1. The first-order valence-corrected chi connectivity index (χ1v) is 11.8. The number of aliphatic carboxylic acids is 1. The molecule has 0 radical (unpaired) electrons. The topological polar surface area (TPSA) is 241 Å². The van der Waals surface area contributed by atoms with E-state index in [1.165, 1.54) is 26.3 Å². The van der Waals surface area contributed by atoms with Gasteiger partial charge in [-0.15, -0.1) is 11.3 Å². The van der Waals surface area contributed by atoms with Crippen LogP contribution in [0.1, 0.15) is 19.5 Å². The number of β-lactam (4-membered cyclic amide) rings is 1. The Morgan fingerprint density at radius 1 is 1.37 bits per heavy atom. The lowest BCUT2D eigenvalue weighted by Crippen LogP contribution is -2.73. The molecule has 2 aromatic rings. The molecule has 0 aliphatic carbocycles. The summed E-state index contributed by atoms with van der Waals surface area (Å²) < 4.78 is 34.8. The molecule has 17 nitrogen and oxygen atoms in total. The number of hydrogen-bond acceptors (Lipinski definition) is 12. The number of carboxylic acids is 1. The molecule has 3 rings (SSSR count). The first kappa shape index (κ1) is 25.8. The SMILES string of the molecule is Cn1cnn(CC2C(NC(=O)C(=NOC(C)(C)C(=O)O)c3csc(N)n3)C(=O)N2S(=O)(=O)O)c1=O. The molecule has 3 heterocycles. The van der Waals surface area contributed by atoms with Crippen molar-refractivity contribution in [3.05, 3.63) is 27.9 Å². The summed E-state index contributed by atoms with van der Waals surface area (Å²) in [4.78, 5) is 57.7. The van der Waals surface area contributed by atoms with Crippen molar-refractivity contribution in [3.8, 4) is 0 Å². The maximum atomic E-state index is 13.0. The quantitative estimate of drug-likeness (QED) is 0.112. The van der Waals surface area contributed by atoms with E-state index < -0.39 is 63.7 Å². The van der Waals surface area contributed by atoms with E-state index in [0.717, 1.165) is 26.9 Å². The number of thiazole rings is 1. The van der Waals surface area contributed by atoms with E-state index >= 15 is 0 Å². The number of nitrogens with zero attached hydrogens (tertiary/aromatic N) is 6. The molecule has 0 saturated carbocycles. The lowest BCUT2D eigenvalue weighted by molar-refractivity contribution is -0.161. The molecule has 35 heavy (non-hydrogen) atoms. The number of nitrogens with one attached hydrogen (secondary N) is 1. The van der Waals surface area contributed by atoms with Crippen LogP contribution in [0.2, 0.25) is 0 Å². The first-order valence-electron chi connectivity index (χ1n) is 9.54. The Kier molecular flexibility index (Phi) is 6.68. The monoisotopic (exact) mass is 532 g/mol. The van der Waals surface area contributed by atoms with Gasteiger partial charge in [-0.25, -0.2) is 23.6 Å². The number of anilines is 1. The van der Waals surface area contributed by atoms with Gasteiger partial charge in [0.15, 0.2) is 10.8 Å². The van der Waals surface area contributed by atoms with Gasteiger partial charge < -0.3 is 21.0 Å². The largest absolute Gasteiger partial charge is 0.478 e. The fourth-order valence-electron chi connectivity index (χ4n) is 2.87. The zero-order valence-corrected chi connectivity index (χ0v) is 20.0. The average Bonchev–Trinajstić information content (AvgIpc) is 3.30. The van der Waals surface area contributed by atoms with Gasteiger partial charge in [-0.05, 0) is 13.8 Å². The van der Waals surface area contributed by atoms with Gasteiger partial charge in [0.25, 0.3) is 11.8 Å². The second-order valence-corrected chi connectivity index (χ2v) is 9.93. The molecule has 1 fully saturated rings. The number of carboxylic acid groups (broad SMARTS) is 1. The number of nitrogen functional groups attached to an aromatic ring is 1. The number of amides is 2. The van der Waals surface area contributed by atoms with Crippen molar-refractivity contribution in [2.75, 3.05) is 5.73 Å². The van der Waals surface area contributed by atoms with Crippen LogP contribution < -0.4 is 16.7 Å². The van der Waals surface area contributed by atoms with E-state index in [-0.39, 0.29) is 15.1 Å². The molecule has 0 aromatic carbocycles. The van der Waals surface area contributed by atoms with Gasteiger partial charge in [0.1, 0.15) is 18.1 Å². The number of aromatic nitrogens is 4. The molecule has 0 bridgehead atoms. The van der Waals surface area contributed by atoms with E-state index in [4.69, 9.17) is 10.6 Å². The van der Waals surface area contributed by atoms with Crippen LogP contribution in [0.4, 0.5) is 5.13 Å². The van der Waals surface area contributed by atoms with Crippen molar-refractivity contribution in [1.29, 1.82) is 0 Å². The van der Waals surface area contributed by atoms with Crippen LogP contribution in [0.3, 0.4) is 0 Å². The number of carbonyl (C=O) groups is 3. The maximum Gasteiger partial charge on any atom is 0.362 e. The Labute approximate surface area is 200 Å². The third-order valence-electron chi connectivity index (χ3n) is 4.81. The van der Waals surface area contributed by atoms with Gasteiger partial charge in [-0.1, -0.05) is 5.16 Å². The summed E-state index contributed by atoms with van der Waals surface area (Å²) >= 11 is 0.937. The van der Waals surface area contributed by atoms with Crippen molar-refractivity contribution in [2.24, 2.45) is 12.2 Å². The molecule has 1 saturated heterocycles. The number of carbonyl (C=O) groups excluding carboxylic acids is 2. The summed E-state index contributed by atoms with van der Waals surface area (Å²) in [5, 5.41) is 20.2. The molecule has 190 valence electrons. The summed E-state index contributed by atoms with van der Waals surface area (Å²) in [5.74, 6) is -3.68. The second-order valence-electron chi connectivity index (χ2n) is 7.75. The van der Waals surface area contributed by atoms with E-state index in [0.29, 0.717) is 0 Å². The lowest BCUT2D eigenvalue weighted by atomic mass is 9.98. The third-order valence-corrected chi connectivity index (χ3v) is 6.43. The smallest absolute Gasteiger partial charge is 0.362 e. The molecule has 2 atom stereocenters. The molecule has 2 unspecified atom stereocenters. The molecule has 1 aliphatic rings. The van der Waals surface area contributed by atoms with E-state index in [2.05, 4.69) is 20.6 Å². The maximum absolute atomic E-state index is 13.0. The van der Waals surface area contributed by atoms with Crippen molar-refractivity contribution < 1.29 is 37.3 Å². The predicted octanol–water partition coefficient (Wildman–Crippen LogP) is -2.60. The number of nitrogens with two attached hydrogens (primary N) is 1. The highest BCUT2D eigenvalue weighted by Crippen LogP contribution is 2.25. The molecule has 2 amide bonds. The zero-order chi connectivity index (χ0) is 26.3. The van der Waals surface area contributed by atoms with E-state index in [1.807, 2.05) is 0 Å². The average molecular weight is 533 g/mol. The number of rotatable bonds is 9. The first-order chi connectivity index (χ1) is 16.1. The number of hydrogen-bond donors (Lipinski definition) is 4. The molecule has 0 spiro atoms. The normalized spacial score (nSPS) is 18.8. The van der Waals surface area contributed by atoms with Gasteiger partial charge in [-0.3, -0.25) is 18.7 Å². The minimum Gasteiger partial charge on any atom is -0.478 e. The van der Waals surface area contributed by atoms with Gasteiger partial charge >= 0.3 is 22.0 Å². The Morgan fingerprint density at radius 2 is 2.03 bits per heavy atom. The summed E-state index contributed by atoms with van der Waals surface area (Å²) in [6.45, 7) is 1.85. The predicted molar refractivity (Wildman–Crippen MR) is 117 cm³/mol. The Morgan fingerprint density at radius 3 is 2.51 bits per heavy atom. The molecule has 2 aromatic heterocycles. The van der Waals surface area contributed by atoms with Gasteiger partial charge in [0.2, 0.25) is 5.60 Å². The second kappa shape index (κ2) is 9.07. The molecule has 1 aliphatic heterocycles. The van der Waals surface area contributed by atoms with E-state index in [1.54, 1.807) is 0 Å². The van der Waals surface area contributed by atoms with E-state index in [9.17, 15) is 37.3 Å². The highest BCUT2D eigenvalue weighted by atomic mass is 32.2. The Hall–Kier alpha value is -3.84. The van der Waals surface area contributed by atoms with Crippen LogP contribution in [-0.2, 0) is 43.1 Å². The van der Waals surface area contributed by atoms with Gasteiger partial charge in [0.05, 0.1) is 12.6 Å². The Balaban J connectivity index is 1.92. The van der Waals surface area contributed by atoms with Crippen LogP contribution in [0.15, 0.2) is 21.7 Å². The fraction of sp³-hybridized carbons (Fsp3) is 0.438. The van der Waals surface area contributed by atoms with Gasteiger partial charge in [0, 0.05) is 12.4 Å². The van der Waals surface area contributed by atoms with Gasteiger partial charge in [-0.2, -0.15) is 13.5 Å². The molecule has 19 heteroatoms. The lowest BCUT2D eigenvalue weighted by Gasteiger charge is -2.43. The molecular weight excluding hydrogens is 512 g/mol. The minimum atomic E-state index is -5.03. The van der Waals surface area contributed by atoms with Crippen LogP contribution in [0.5, 0.6) is 0 Å². The summed E-state index contributed by atoms with van der Waals surface area (Å²) in [6.07, 6.45) is 1.15. The fourth-order valence-corrected chi connectivity index (χ4v) is 4.29. The van der Waals surface area contributed by atoms with Crippen LogP contribution in [0, 0.1) is 0 Å². The molecule has 5 N–H and O–H groups in total. The standard InChI is InChI=1S/C16H20N8O9S2/c1-16(2,13(27)28)33-21-9(7-5-34-14(17)19-7)11(25)20-10-8(24(12(10)26)35(30,31)32)4-23-15(29)22(3)6-18-23/h5-6,8,10H,4H2,1-3H3,(H2,17,19)(H,20,25)(H,27,28)(H,30,31,32). The Bertz CT molecular complexity index is 1370. The zero-order valence-electron chi connectivity index (χ0n) is 18.3. The van der Waals surface area contributed by atoms with Crippen LogP contribution in [-0.4, -0.2) is 82.9 Å². The van der Waals surface area contributed by atoms with Crippen LogP contribution >= 0.6 is 11.3 Å².